The van der Waals surface area contributed by atoms with Crippen molar-refractivity contribution in [1.82, 2.24) is 9.78 Å². The van der Waals surface area contributed by atoms with Gasteiger partial charge in [-0.3, -0.25) is 0 Å². The van der Waals surface area contributed by atoms with Crippen molar-refractivity contribution >= 4 is 5.82 Å². The topological polar surface area (TPSA) is 53.1 Å². The predicted octanol–water partition coefficient (Wildman–Crippen LogP) is 2.30. The summed E-state index contributed by atoms with van der Waals surface area (Å²) in [4.78, 5) is 0. The number of hydrogen-bond donors (Lipinski definition) is 1. The number of ether oxygens (including phenoxy) is 1. The maximum atomic E-state index is 5.78. The van der Waals surface area contributed by atoms with Crippen LogP contribution in [0.2, 0.25) is 0 Å². The molecule has 1 heterocycles. The van der Waals surface area contributed by atoms with Gasteiger partial charge in [0.15, 0.2) is 0 Å². The van der Waals surface area contributed by atoms with E-state index in [1.54, 1.807) is 16.9 Å². The maximum Gasteiger partial charge on any atom is 0.122 e. The summed E-state index contributed by atoms with van der Waals surface area (Å²) < 4.78 is 7.35. The van der Waals surface area contributed by atoms with Crippen molar-refractivity contribution in [1.29, 1.82) is 0 Å². The molecular weight excluding hydrogens is 214 g/mol. The molecule has 0 aliphatic heterocycles. The molecule has 0 bridgehead atoms. The second-order valence-electron chi connectivity index (χ2n) is 3.91. The van der Waals surface area contributed by atoms with Crippen LogP contribution in [0.5, 0.6) is 5.75 Å². The highest BCUT2D eigenvalue weighted by Crippen LogP contribution is 2.15. The third kappa shape index (κ3) is 3.00. The zero-order valence-corrected chi connectivity index (χ0v) is 9.97. The molecule has 2 rings (SSSR count). The van der Waals surface area contributed by atoms with Crippen LogP contribution in [-0.4, -0.2) is 16.4 Å². The standard InChI is InChI=1S/C13H17N3O/c1-2-8-17-12-5-3-4-11(9-12)10-16-13(14)6-7-15-16/h3-7,9H,2,8,10,14H2,1H3. The lowest BCUT2D eigenvalue weighted by atomic mass is 10.2. The number of nitrogens with zero attached hydrogens (tertiary/aromatic N) is 2. The number of aromatic nitrogens is 2. The van der Waals surface area contributed by atoms with Gasteiger partial charge in [-0.25, -0.2) is 4.68 Å². The molecule has 0 atom stereocenters. The molecule has 0 fully saturated rings. The molecule has 90 valence electrons. The Labute approximate surface area is 101 Å². The van der Waals surface area contributed by atoms with Crippen molar-refractivity contribution in [2.24, 2.45) is 0 Å². The summed E-state index contributed by atoms with van der Waals surface area (Å²) in [5.74, 6) is 1.57. The molecule has 0 saturated heterocycles. The molecule has 17 heavy (non-hydrogen) atoms. The smallest absolute Gasteiger partial charge is 0.122 e. The Morgan fingerprint density at radius 3 is 2.94 bits per heavy atom. The molecule has 2 aromatic rings. The van der Waals surface area contributed by atoms with Crippen molar-refractivity contribution < 1.29 is 4.74 Å². The highest BCUT2D eigenvalue weighted by molar-refractivity contribution is 5.31. The monoisotopic (exact) mass is 231 g/mol. The van der Waals surface area contributed by atoms with Crippen LogP contribution in [0.4, 0.5) is 5.82 Å². The first kappa shape index (κ1) is 11.5. The average Bonchev–Trinajstić information content (AvgIpc) is 2.73. The van der Waals surface area contributed by atoms with E-state index >= 15 is 0 Å². The Morgan fingerprint density at radius 1 is 1.35 bits per heavy atom. The quantitative estimate of drug-likeness (QED) is 0.859. The fraction of sp³-hybridized carbons (Fsp3) is 0.308. The van der Waals surface area contributed by atoms with E-state index in [4.69, 9.17) is 10.5 Å². The zero-order chi connectivity index (χ0) is 12.1. The van der Waals surface area contributed by atoms with Crippen molar-refractivity contribution in [3.05, 3.63) is 42.1 Å². The SMILES string of the molecule is CCCOc1cccc(Cn2nccc2N)c1. The van der Waals surface area contributed by atoms with Crippen LogP contribution < -0.4 is 10.5 Å². The number of rotatable bonds is 5. The van der Waals surface area contributed by atoms with Crippen LogP contribution in [0.3, 0.4) is 0 Å². The van der Waals surface area contributed by atoms with Crippen molar-refractivity contribution in [2.75, 3.05) is 12.3 Å². The van der Waals surface area contributed by atoms with Gasteiger partial charge in [0.2, 0.25) is 0 Å². The summed E-state index contributed by atoms with van der Waals surface area (Å²) in [7, 11) is 0. The fourth-order valence-corrected chi connectivity index (χ4v) is 1.60. The summed E-state index contributed by atoms with van der Waals surface area (Å²) in [6.07, 6.45) is 2.71. The minimum absolute atomic E-state index is 0.669. The van der Waals surface area contributed by atoms with Crippen molar-refractivity contribution in [3.63, 3.8) is 0 Å². The Morgan fingerprint density at radius 2 is 2.24 bits per heavy atom. The van der Waals surface area contributed by atoms with E-state index in [2.05, 4.69) is 12.0 Å². The molecule has 0 radical (unpaired) electrons. The van der Waals surface area contributed by atoms with E-state index in [1.165, 1.54) is 0 Å². The molecule has 0 aliphatic rings. The molecule has 1 aromatic carbocycles. The Balaban J connectivity index is 2.08. The van der Waals surface area contributed by atoms with Crippen LogP contribution in [0.15, 0.2) is 36.5 Å². The van der Waals surface area contributed by atoms with Gasteiger partial charge in [0, 0.05) is 0 Å². The van der Waals surface area contributed by atoms with E-state index in [9.17, 15) is 0 Å². The van der Waals surface area contributed by atoms with Crippen LogP contribution in [0, 0.1) is 0 Å². The van der Waals surface area contributed by atoms with Gasteiger partial charge in [-0.05, 0) is 30.2 Å². The van der Waals surface area contributed by atoms with Crippen LogP contribution in [0.1, 0.15) is 18.9 Å². The Kier molecular flexibility index (Phi) is 3.65. The second kappa shape index (κ2) is 5.39. The van der Waals surface area contributed by atoms with E-state index < -0.39 is 0 Å². The second-order valence-corrected chi connectivity index (χ2v) is 3.91. The lowest BCUT2D eigenvalue weighted by molar-refractivity contribution is 0.317. The highest BCUT2D eigenvalue weighted by Gasteiger charge is 2.01. The van der Waals surface area contributed by atoms with E-state index in [-0.39, 0.29) is 0 Å². The molecule has 0 aliphatic carbocycles. The van der Waals surface area contributed by atoms with E-state index in [1.807, 2.05) is 24.3 Å². The number of nitrogens with two attached hydrogens (primary N) is 1. The molecule has 4 nitrogen and oxygen atoms in total. The Hall–Kier alpha value is -1.97. The molecule has 1 aromatic heterocycles. The maximum absolute atomic E-state index is 5.78. The van der Waals surface area contributed by atoms with Crippen LogP contribution >= 0.6 is 0 Å². The third-order valence-electron chi connectivity index (χ3n) is 2.45. The minimum atomic E-state index is 0.669. The number of benzene rings is 1. The molecule has 2 N–H and O–H groups in total. The summed E-state index contributed by atoms with van der Waals surface area (Å²) in [5.41, 5.74) is 6.91. The summed E-state index contributed by atoms with van der Waals surface area (Å²) in [6.45, 7) is 3.50. The lowest BCUT2D eigenvalue weighted by Crippen LogP contribution is -2.05. The summed E-state index contributed by atoms with van der Waals surface area (Å²) in [5, 5.41) is 4.15. The van der Waals surface area contributed by atoms with Crippen LogP contribution in [-0.2, 0) is 6.54 Å². The van der Waals surface area contributed by atoms with E-state index in [0.717, 1.165) is 24.3 Å². The number of nitrogen functional groups attached to an aromatic ring is 1. The molecule has 4 heteroatoms. The molecule has 0 saturated carbocycles. The minimum Gasteiger partial charge on any atom is -0.494 e. The van der Waals surface area contributed by atoms with Crippen molar-refractivity contribution in [2.45, 2.75) is 19.9 Å². The van der Waals surface area contributed by atoms with Gasteiger partial charge < -0.3 is 10.5 Å². The van der Waals surface area contributed by atoms with Gasteiger partial charge >= 0.3 is 0 Å². The van der Waals surface area contributed by atoms with Crippen LogP contribution in [0.25, 0.3) is 0 Å². The predicted molar refractivity (Wildman–Crippen MR) is 68.0 cm³/mol. The first-order valence-electron chi connectivity index (χ1n) is 5.78. The number of anilines is 1. The van der Waals surface area contributed by atoms with Gasteiger partial charge in [0.1, 0.15) is 11.6 Å². The van der Waals surface area contributed by atoms with Gasteiger partial charge in [0.25, 0.3) is 0 Å². The summed E-state index contributed by atoms with van der Waals surface area (Å²) in [6, 6.07) is 9.81. The Bertz CT molecular complexity index is 479. The molecular formula is C13H17N3O. The van der Waals surface area contributed by atoms with E-state index in [0.29, 0.717) is 12.4 Å². The first-order chi connectivity index (χ1) is 8.29. The average molecular weight is 231 g/mol. The first-order valence-corrected chi connectivity index (χ1v) is 5.78. The lowest BCUT2D eigenvalue weighted by Gasteiger charge is -2.08. The van der Waals surface area contributed by atoms with Crippen molar-refractivity contribution in [3.8, 4) is 5.75 Å². The summed E-state index contributed by atoms with van der Waals surface area (Å²) >= 11 is 0. The third-order valence-corrected chi connectivity index (χ3v) is 2.45. The number of hydrogen-bond acceptors (Lipinski definition) is 3. The largest absolute Gasteiger partial charge is 0.494 e. The molecule has 0 amide bonds. The van der Waals surface area contributed by atoms with Gasteiger partial charge in [-0.2, -0.15) is 5.10 Å². The molecule has 0 unspecified atom stereocenters. The zero-order valence-electron chi connectivity index (χ0n) is 9.97. The van der Waals surface area contributed by atoms with Gasteiger partial charge in [-0.15, -0.1) is 0 Å². The normalized spacial score (nSPS) is 10.4. The fourth-order valence-electron chi connectivity index (χ4n) is 1.60. The van der Waals surface area contributed by atoms with Gasteiger partial charge in [-0.1, -0.05) is 19.1 Å². The van der Waals surface area contributed by atoms with Gasteiger partial charge in [0.05, 0.1) is 19.3 Å². The highest BCUT2D eigenvalue weighted by atomic mass is 16.5. The molecule has 0 spiro atoms.